The summed E-state index contributed by atoms with van der Waals surface area (Å²) in [5.74, 6) is 0.994. The van der Waals surface area contributed by atoms with Gasteiger partial charge < -0.3 is 0 Å². The van der Waals surface area contributed by atoms with Crippen molar-refractivity contribution in [2.75, 3.05) is 0 Å². The number of hydrogen-bond donors (Lipinski definition) is 0. The number of hydrogen-bond acceptors (Lipinski definition) is 1. The van der Waals surface area contributed by atoms with Crippen molar-refractivity contribution >= 4 is 0 Å². The van der Waals surface area contributed by atoms with Crippen molar-refractivity contribution in [3.8, 4) is 6.07 Å². The first-order chi connectivity index (χ1) is 8.74. The molecule has 0 atom stereocenters. The second-order valence-electron chi connectivity index (χ2n) is 5.36. The summed E-state index contributed by atoms with van der Waals surface area (Å²) >= 11 is 0. The SMILES string of the molecule is CCCC1CCC(c2ccc(F)c(C#N)c2)CC1. The summed E-state index contributed by atoms with van der Waals surface area (Å²) in [7, 11) is 0. The summed E-state index contributed by atoms with van der Waals surface area (Å²) in [6.45, 7) is 2.24. The highest BCUT2D eigenvalue weighted by molar-refractivity contribution is 5.36. The number of nitrogens with zero attached hydrogens (tertiary/aromatic N) is 1. The lowest BCUT2D eigenvalue weighted by atomic mass is 9.77. The van der Waals surface area contributed by atoms with Crippen LogP contribution in [0.5, 0.6) is 0 Å². The van der Waals surface area contributed by atoms with Gasteiger partial charge in [0.05, 0.1) is 5.56 Å². The fraction of sp³-hybridized carbons (Fsp3) is 0.562. The first-order valence-electron chi connectivity index (χ1n) is 6.94. The molecule has 0 radical (unpaired) electrons. The second-order valence-corrected chi connectivity index (χ2v) is 5.36. The van der Waals surface area contributed by atoms with Gasteiger partial charge in [-0.3, -0.25) is 0 Å². The van der Waals surface area contributed by atoms with Gasteiger partial charge in [-0.15, -0.1) is 0 Å². The first kappa shape index (κ1) is 13.1. The summed E-state index contributed by atoms with van der Waals surface area (Å²) in [4.78, 5) is 0. The van der Waals surface area contributed by atoms with Crippen molar-refractivity contribution in [1.82, 2.24) is 0 Å². The van der Waals surface area contributed by atoms with Crippen molar-refractivity contribution in [2.45, 2.75) is 51.4 Å². The molecule has 1 fully saturated rings. The van der Waals surface area contributed by atoms with Gasteiger partial charge in [0.2, 0.25) is 0 Å². The van der Waals surface area contributed by atoms with E-state index < -0.39 is 5.82 Å². The molecule has 18 heavy (non-hydrogen) atoms. The van der Waals surface area contributed by atoms with E-state index in [0.717, 1.165) is 11.5 Å². The Labute approximate surface area is 109 Å². The van der Waals surface area contributed by atoms with Gasteiger partial charge in [-0.2, -0.15) is 5.26 Å². The van der Waals surface area contributed by atoms with Crippen molar-refractivity contribution in [1.29, 1.82) is 5.26 Å². The van der Waals surface area contributed by atoms with Gasteiger partial charge in [-0.05, 0) is 55.2 Å². The van der Waals surface area contributed by atoms with Gasteiger partial charge in [-0.25, -0.2) is 4.39 Å². The highest BCUT2D eigenvalue weighted by Crippen LogP contribution is 2.37. The number of benzene rings is 1. The molecule has 1 aromatic carbocycles. The molecule has 0 heterocycles. The minimum atomic E-state index is -0.402. The smallest absolute Gasteiger partial charge is 0.140 e. The maximum atomic E-state index is 13.3. The van der Waals surface area contributed by atoms with Crippen LogP contribution in [-0.2, 0) is 0 Å². The van der Waals surface area contributed by atoms with Crippen LogP contribution in [0.1, 0.15) is 62.5 Å². The Morgan fingerprint density at radius 2 is 2.00 bits per heavy atom. The zero-order valence-electron chi connectivity index (χ0n) is 11.0. The normalized spacial score (nSPS) is 23.6. The third-order valence-corrected chi connectivity index (χ3v) is 4.13. The molecule has 0 N–H and O–H groups in total. The van der Waals surface area contributed by atoms with E-state index in [4.69, 9.17) is 5.26 Å². The van der Waals surface area contributed by atoms with Crippen LogP contribution in [0.4, 0.5) is 4.39 Å². The Morgan fingerprint density at radius 1 is 1.28 bits per heavy atom. The molecule has 1 aliphatic carbocycles. The van der Waals surface area contributed by atoms with E-state index in [0.29, 0.717) is 5.92 Å². The van der Waals surface area contributed by atoms with E-state index in [-0.39, 0.29) is 5.56 Å². The molecule has 1 saturated carbocycles. The summed E-state index contributed by atoms with van der Waals surface area (Å²) < 4.78 is 13.3. The topological polar surface area (TPSA) is 23.8 Å². The number of nitriles is 1. The van der Waals surface area contributed by atoms with Gasteiger partial charge in [-0.1, -0.05) is 25.8 Å². The van der Waals surface area contributed by atoms with Crippen LogP contribution in [0.15, 0.2) is 18.2 Å². The van der Waals surface area contributed by atoms with Crippen LogP contribution < -0.4 is 0 Å². The molecule has 1 aliphatic rings. The van der Waals surface area contributed by atoms with Gasteiger partial charge >= 0.3 is 0 Å². The second kappa shape index (κ2) is 6.00. The van der Waals surface area contributed by atoms with Crippen LogP contribution in [0.3, 0.4) is 0 Å². The predicted octanol–water partition coefficient (Wildman–Crippen LogP) is 4.77. The van der Waals surface area contributed by atoms with E-state index >= 15 is 0 Å². The summed E-state index contributed by atoms with van der Waals surface area (Å²) in [5, 5.41) is 8.86. The average Bonchev–Trinajstić information content (AvgIpc) is 2.41. The Balaban J connectivity index is 2.04. The molecule has 2 heteroatoms. The van der Waals surface area contributed by atoms with Crippen LogP contribution in [-0.4, -0.2) is 0 Å². The third kappa shape index (κ3) is 2.90. The van der Waals surface area contributed by atoms with Crippen molar-refractivity contribution < 1.29 is 4.39 Å². The number of halogens is 1. The lowest BCUT2D eigenvalue weighted by molar-refractivity contribution is 0.308. The van der Waals surface area contributed by atoms with Gasteiger partial charge in [0.15, 0.2) is 0 Å². The molecule has 0 aromatic heterocycles. The minimum Gasteiger partial charge on any atom is -0.206 e. The highest BCUT2D eigenvalue weighted by Gasteiger charge is 2.22. The number of rotatable bonds is 3. The Kier molecular flexibility index (Phi) is 4.36. The molecule has 0 unspecified atom stereocenters. The van der Waals surface area contributed by atoms with Crippen LogP contribution in [0, 0.1) is 23.1 Å². The predicted molar refractivity (Wildman–Crippen MR) is 70.7 cm³/mol. The van der Waals surface area contributed by atoms with Crippen molar-refractivity contribution in [3.05, 3.63) is 35.1 Å². The van der Waals surface area contributed by atoms with Gasteiger partial charge in [0, 0.05) is 0 Å². The van der Waals surface area contributed by atoms with Crippen molar-refractivity contribution in [3.63, 3.8) is 0 Å². The molecule has 0 bridgehead atoms. The molecule has 0 aliphatic heterocycles. The molecule has 2 rings (SSSR count). The van der Waals surface area contributed by atoms with Gasteiger partial charge in [0.25, 0.3) is 0 Å². The zero-order chi connectivity index (χ0) is 13.0. The monoisotopic (exact) mass is 245 g/mol. The van der Waals surface area contributed by atoms with Gasteiger partial charge in [0.1, 0.15) is 11.9 Å². The molecule has 0 saturated heterocycles. The van der Waals surface area contributed by atoms with Crippen LogP contribution in [0.2, 0.25) is 0 Å². The lowest BCUT2D eigenvalue weighted by Crippen LogP contribution is -2.13. The average molecular weight is 245 g/mol. The zero-order valence-corrected chi connectivity index (χ0v) is 11.0. The van der Waals surface area contributed by atoms with Crippen LogP contribution in [0.25, 0.3) is 0 Å². The standard InChI is InChI=1S/C16H20FN/c1-2-3-12-4-6-13(7-5-12)14-8-9-16(17)15(10-14)11-18/h8-10,12-13H,2-7H2,1H3. The maximum absolute atomic E-state index is 13.3. The molecule has 0 spiro atoms. The Bertz CT molecular complexity index is 439. The quantitative estimate of drug-likeness (QED) is 0.752. The molecule has 0 amide bonds. The van der Waals surface area contributed by atoms with Crippen molar-refractivity contribution in [2.24, 2.45) is 5.92 Å². The largest absolute Gasteiger partial charge is 0.206 e. The summed E-state index contributed by atoms with van der Waals surface area (Å²) in [5.41, 5.74) is 1.33. The van der Waals surface area contributed by atoms with E-state index in [1.165, 1.54) is 44.6 Å². The third-order valence-electron chi connectivity index (χ3n) is 4.13. The lowest BCUT2D eigenvalue weighted by Gasteiger charge is -2.28. The summed E-state index contributed by atoms with van der Waals surface area (Å²) in [6.07, 6.45) is 7.52. The molecule has 1 nitrogen and oxygen atoms in total. The molecular formula is C16H20FN. The highest BCUT2D eigenvalue weighted by atomic mass is 19.1. The Morgan fingerprint density at radius 3 is 2.61 bits per heavy atom. The maximum Gasteiger partial charge on any atom is 0.140 e. The van der Waals surface area contributed by atoms with E-state index in [9.17, 15) is 4.39 Å². The summed E-state index contributed by atoms with van der Waals surface area (Å²) in [6, 6.07) is 6.95. The fourth-order valence-corrected chi connectivity index (χ4v) is 3.08. The minimum absolute atomic E-state index is 0.184. The molecule has 96 valence electrons. The van der Waals surface area contributed by atoms with Crippen LogP contribution >= 0.6 is 0 Å². The first-order valence-corrected chi connectivity index (χ1v) is 6.94. The fourth-order valence-electron chi connectivity index (χ4n) is 3.08. The molecule has 1 aromatic rings. The molecular weight excluding hydrogens is 225 g/mol. The van der Waals surface area contributed by atoms with E-state index in [1.54, 1.807) is 6.07 Å². The van der Waals surface area contributed by atoms with E-state index in [2.05, 4.69) is 6.92 Å². The Hall–Kier alpha value is -1.36. The van der Waals surface area contributed by atoms with E-state index in [1.807, 2.05) is 12.1 Å².